The first-order valence-corrected chi connectivity index (χ1v) is 8.78. The van der Waals surface area contributed by atoms with Crippen molar-refractivity contribution in [3.8, 4) is 11.5 Å². The number of aromatic amines is 1. The third-order valence-electron chi connectivity index (χ3n) is 5.08. The normalized spacial score (nSPS) is 15.4. The first-order chi connectivity index (χ1) is 13.1. The quantitative estimate of drug-likeness (QED) is 0.746. The lowest BCUT2D eigenvalue weighted by Gasteiger charge is -2.17. The third-order valence-corrected chi connectivity index (χ3v) is 5.08. The molecule has 0 unspecified atom stereocenters. The van der Waals surface area contributed by atoms with Gasteiger partial charge in [-0.1, -0.05) is 18.2 Å². The van der Waals surface area contributed by atoms with E-state index < -0.39 is 0 Å². The fraction of sp³-hybridized carbons (Fsp3) is 0.238. The minimum atomic E-state index is -0.213. The summed E-state index contributed by atoms with van der Waals surface area (Å²) in [6, 6.07) is 10.9. The highest BCUT2D eigenvalue weighted by Gasteiger charge is 2.27. The van der Waals surface area contributed by atoms with Crippen LogP contribution in [0.2, 0.25) is 0 Å². The Morgan fingerprint density at radius 1 is 1.11 bits per heavy atom. The summed E-state index contributed by atoms with van der Waals surface area (Å²) in [4.78, 5) is 27.6. The van der Waals surface area contributed by atoms with Crippen LogP contribution in [0.25, 0.3) is 10.8 Å². The molecule has 0 spiro atoms. The van der Waals surface area contributed by atoms with Crippen molar-refractivity contribution in [3.63, 3.8) is 0 Å². The summed E-state index contributed by atoms with van der Waals surface area (Å²) in [5, 5.41) is 4.24. The van der Waals surface area contributed by atoms with Crippen molar-refractivity contribution in [1.29, 1.82) is 0 Å². The second kappa shape index (κ2) is 6.79. The van der Waals surface area contributed by atoms with Crippen molar-refractivity contribution in [3.05, 3.63) is 69.6 Å². The Hall–Kier alpha value is -3.28. The fourth-order valence-corrected chi connectivity index (χ4v) is 3.72. The zero-order valence-electron chi connectivity index (χ0n) is 15.2. The van der Waals surface area contributed by atoms with E-state index in [4.69, 9.17) is 9.47 Å². The summed E-state index contributed by atoms with van der Waals surface area (Å²) >= 11 is 0. The number of methoxy groups -OCH3 is 2. The molecule has 1 aliphatic carbocycles. The number of carbonyl (C=O) groups is 1. The molecule has 0 bridgehead atoms. The molecule has 3 aromatic rings. The van der Waals surface area contributed by atoms with Crippen molar-refractivity contribution < 1.29 is 14.3 Å². The number of fused-ring (bicyclic) bond motifs is 2. The molecule has 0 aliphatic heterocycles. The number of carbonyl (C=O) groups excluding carboxylic acids is 1. The minimum absolute atomic E-state index is 0.113. The number of ether oxygens (including phenoxy) is 2. The highest BCUT2D eigenvalue weighted by molar-refractivity contribution is 6.06. The number of amides is 1. The average Bonchev–Trinajstić information content (AvgIpc) is 3.08. The first-order valence-electron chi connectivity index (χ1n) is 8.78. The van der Waals surface area contributed by atoms with Gasteiger partial charge in [-0.15, -0.1) is 0 Å². The van der Waals surface area contributed by atoms with Gasteiger partial charge in [0.2, 0.25) is 0 Å². The van der Waals surface area contributed by atoms with Crippen molar-refractivity contribution in [2.45, 2.75) is 18.9 Å². The largest absolute Gasteiger partial charge is 0.493 e. The van der Waals surface area contributed by atoms with Gasteiger partial charge in [0.05, 0.1) is 25.8 Å². The van der Waals surface area contributed by atoms with Gasteiger partial charge in [-0.25, -0.2) is 0 Å². The fourth-order valence-electron chi connectivity index (χ4n) is 3.72. The van der Waals surface area contributed by atoms with E-state index in [0.717, 1.165) is 24.0 Å². The van der Waals surface area contributed by atoms with Gasteiger partial charge >= 0.3 is 0 Å². The van der Waals surface area contributed by atoms with Crippen LogP contribution in [0.15, 0.2) is 47.4 Å². The average molecular weight is 364 g/mol. The Morgan fingerprint density at radius 2 is 1.81 bits per heavy atom. The van der Waals surface area contributed by atoms with Crippen LogP contribution in [0.3, 0.4) is 0 Å². The van der Waals surface area contributed by atoms with Crippen LogP contribution in [-0.2, 0) is 6.42 Å². The number of hydrogen-bond acceptors (Lipinski definition) is 4. The highest BCUT2D eigenvalue weighted by Crippen LogP contribution is 2.39. The molecular formula is C21H20N2O4. The molecule has 138 valence electrons. The van der Waals surface area contributed by atoms with Crippen LogP contribution in [0.4, 0.5) is 0 Å². The monoisotopic (exact) mass is 364 g/mol. The standard InChI is InChI=1S/C21H20N2O4/c1-26-18-9-12-7-8-17(15(12)10-19(18)27-2)23-21(25)16-11-22-20(24)14-6-4-3-5-13(14)16/h3-6,9-11,17H,7-8H2,1-2H3,(H,22,24)(H,23,25)/t17-/m1/s1. The number of hydrogen-bond donors (Lipinski definition) is 2. The van der Waals surface area contributed by atoms with E-state index in [9.17, 15) is 9.59 Å². The van der Waals surface area contributed by atoms with Gasteiger partial charge in [0.25, 0.3) is 11.5 Å². The number of rotatable bonds is 4. The SMILES string of the molecule is COc1cc2c(cc1OC)[C@H](NC(=O)c1c[nH]c(=O)c3ccccc13)CC2. The molecule has 1 aromatic heterocycles. The summed E-state index contributed by atoms with van der Waals surface area (Å²) in [6.07, 6.45) is 3.14. The lowest BCUT2D eigenvalue weighted by Crippen LogP contribution is -2.28. The number of aryl methyl sites for hydroxylation is 1. The van der Waals surface area contributed by atoms with Crippen LogP contribution in [0, 0.1) is 0 Å². The second-order valence-electron chi connectivity index (χ2n) is 6.55. The van der Waals surface area contributed by atoms with E-state index in [1.54, 1.807) is 32.4 Å². The highest BCUT2D eigenvalue weighted by atomic mass is 16.5. The molecule has 1 amide bonds. The molecule has 0 saturated carbocycles. The Balaban J connectivity index is 1.67. The van der Waals surface area contributed by atoms with Gasteiger partial charge in [-0.3, -0.25) is 9.59 Å². The van der Waals surface area contributed by atoms with E-state index in [2.05, 4.69) is 10.3 Å². The molecular weight excluding hydrogens is 344 g/mol. The zero-order valence-corrected chi connectivity index (χ0v) is 15.2. The van der Waals surface area contributed by atoms with Gasteiger partial charge in [0.15, 0.2) is 11.5 Å². The molecule has 4 rings (SSSR count). The summed E-state index contributed by atoms with van der Waals surface area (Å²) in [6.45, 7) is 0. The molecule has 1 aliphatic rings. The van der Waals surface area contributed by atoms with Crippen molar-refractivity contribution in [2.75, 3.05) is 14.2 Å². The summed E-state index contributed by atoms with van der Waals surface area (Å²) in [7, 11) is 3.21. The van der Waals surface area contributed by atoms with E-state index >= 15 is 0 Å². The zero-order chi connectivity index (χ0) is 19.0. The molecule has 0 saturated heterocycles. The molecule has 2 N–H and O–H groups in total. The smallest absolute Gasteiger partial charge is 0.255 e. The molecule has 6 heteroatoms. The first kappa shape index (κ1) is 17.1. The van der Waals surface area contributed by atoms with Crippen LogP contribution in [-0.4, -0.2) is 25.1 Å². The van der Waals surface area contributed by atoms with Gasteiger partial charge in [-0.05, 0) is 42.2 Å². The Kier molecular flexibility index (Phi) is 4.32. The van der Waals surface area contributed by atoms with E-state index in [1.807, 2.05) is 18.2 Å². The predicted molar refractivity (Wildman–Crippen MR) is 103 cm³/mol. The molecule has 0 radical (unpaired) electrons. The molecule has 27 heavy (non-hydrogen) atoms. The van der Waals surface area contributed by atoms with Gasteiger partial charge in [-0.2, -0.15) is 0 Å². The Labute approximate surface area is 156 Å². The maximum atomic E-state index is 12.9. The van der Waals surface area contributed by atoms with Crippen molar-refractivity contribution in [1.82, 2.24) is 10.3 Å². The Morgan fingerprint density at radius 3 is 2.56 bits per heavy atom. The van der Waals surface area contributed by atoms with Gasteiger partial charge in [0.1, 0.15) is 0 Å². The Bertz CT molecular complexity index is 1090. The lowest BCUT2D eigenvalue weighted by molar-refractivity contribution is 0.0938. The minimum Gasteiger partial charge on any atom is -0.493 e. The van der Waals surface area contributed by atoms with Crippen molar-refractivity contribution in [2.24, 2.45) is 0 Å². The topological polar surface area (TPSA) is 80.4 Å². The molecule has 2 aromatic carbocycles. The van der Waals surface area contributed by atoms with Crippen LogP contribution < -0.4 is 20.3 Å². The summed E-state index contributed by atoms with van der Waals surface area (Å²) in [5.41, 5.74) is 2.43. The van der Waals surface area contributed by atoms with Crippen molar-refractivity contribution >= 4 is 16.7 Å². The van der Waals surface area contributed by atoms with E-state index in [1.165, 1.54) is 6.20 Å². The molecule has 6 nitrogen and oxygen atoms in total. The molecule has 1 heterocycles. The van der Waals surface area contributed by atoms with E-state index in [-0.39, 0.29) is 17.5 Å². The number of H-pyrrole nitrogens is 1. The second-order valence-corrected chi connectivity index (χ2v) is 6.55. The predicted octanol–water partition coefficient (Wildman–Crippen LogP) is 2.96. The number of benzene rings is 2. The van der Waals surface area contributed by atoms with Crippen LogP contribution in [0.5, 0.6) is 11.5 Å². The van der Waals surface area contributed by atoms with Gasteiger partial charge < -0.3 is 19.8 Å². The maximum absolute atomic E-state index is 12.9. The number of nitrogens with one attached hydrogen (secondary N) is 2. The summed E-state index contributed by atoms with van der Waals surface area (Å²) in [5.74, 6) is 1.12. The molecule has 1 atom stereocenters. The van der Waals surface area contributed by atoms with E-state index in [0.29, 0.717) is 27.8 Å². The van der Waals surface area contributed by atoms with Crippen LogP contribution >= 0.6 is 0 Å². The third kappa shape index (κ3) is 2.93. The number of aromatic nitrogens is 1. The van der Waals surface area contributed by atoms with Crippen LogP contribution in [0.1, 0.15) is 33.9 Å². The maximum Gasteiger partial charge on any atom is 0.255 e. The number of pyridine rings is 1. The van der Waals surface area contributed by atoms with Gasteiger partial charge in [0, 0.05) is 17.0 Å². The summed E-state index contributed by atoms with van der Waals surface area (Å²) < 4.78 is 10.8. The lowest BCUT2D eigenvalue weighted by atomic mass is 10.0. The molecule has 0 fully saturated rings.